The molecule has 7 heteroatoms. The summed E-state index contributed by atoms with van der Waals surface area (Å²) in [4.78, 5) is 10.5. The van der Waals surface area contributed by atoms with Crippen LogP contribution in [0.5, 0.6) is 0 Å². The lowest BCUT2D eigenvalue weighted by molar-refractivity contribution is -0.138. The van der Waals surface area contributed by atoms with E-state index in [1.807, 2.05) is 0 Å². The molecule has 2 atom stereocenters. The van der Waals surface area contributed by atoms with Crippen LogP contribution in [0.1, 0.15) is 27.6 Å². The molecule has 1 aromatic rings. The molecule has 1 aromatic carbocycles. The molecule has 0 aliphatic carbocycles. The minimum Gasteiger partial charge on any atom is -0.389 e. The molecule has 0 saturated heterocycles. The summed E-state index contributed by atoms with van der Waals surface area (Å²) in [5.41, 5.74) is 3.27. The quantitative estimate of drug-likeness (QED) is 0.704. The number of hydrogen-bond donors (Lipinski definition) is 3. The molecule has 0 aliphatic rings. The van der Waals surface area contributed by atoms with Gasteiger partial charge in [-0.2, -0.15) is 13.2 Å². The van der Waals surface area contributed by atoms with Crippen molar-refractivity contribution in [1.82, 2.24) is 0 Å². The molecular formula is C11H12F3NO3. The van der Waals surface area contributed by atoms with Crippen LogP contribution in [0.15, 0.2) is 18.2 Å². The highest BCUT2D eigenvalue weighted by molar-refractivity contribution is 5.77. The number of alkyl halides is 3. The summed E-state index contributed by atoms with van der Waals surface area (Å²) in [6, 6.07) is 2.72. The predicted molar refractivity (Wildman–Crippen MR) is 56.9 cm³/mol. The molecule has 2 unspecified atom stereocenters. The molecule has 0 saturated carbocycles. The van der Waals surface area contributed by atoms with Gasteiger partial charge in [0.15, 0.2) is 6.29 Å². The lowest BCUT2D eigenvalue weighted by Gasteiger charge is -2.18. The molecule has 0 heterocycles. The van der Waals surface area contributed by atoms with Gasteiger partial charge in [-0.3, -0.25) is 4.79 Å². The van der Waals surface area contributed by atoms with Crippen LogP contribution in [0.4, 0.5) is 13.2 Å². The van der Waals surface area contributed by atoms with Gasteiger partial charge in [0.25, 0.3) is 0 Å². The number of carbonyl (C=O) groups excluding carboxylic acids is 1. The fourth-order valence-corrected chi connectivity index (χ4v) is 1.46. The van der Waals surface area contributed by atoms with Crippen LogP contribution in [0, 0.1) is 0 Å². The van der Waals surface area contributed by atoms with Crippen LogP contribution in [0.25, 0.3) is 0 Å². The first-order valence-electron chi connectivity index (χ1n) is 5.03. The van der Waals surface area contributed by atoms with E-state index in [2.05, 4.69) is 0 Å². The van der Waals surface area contributed by atoms with Crippen molar-refractivity contribution >= 4 is 6.29 Å². The van der Waals surface area contributed by atoms with Crippen molar-refractivity contribution in [3.63, 3.8) is 0 Å². The zero-order valence-corrected chi connectivity index (χ0v) is 9.19. The van der Waals surface area contributed by atoms with Crippen LogP contribution in [-0.4, -0.2) is 29.1 Å². The topological polar surface area (TPSA) is 83.6 Å². The highest BCUT2D eigenvalue weighted by Crippen LogP contribution is 2.33. The number of halogens is 3. The first-order chi connectivity index (χ1) is 8.31. The van der Waals surface area contributed by atoms with Crippen molar-refractivity contribution in [3.8, 4) is 0 Å². The van der Waals surface area contributed by atoms with Gasteiger partial charge in [-0.25, -0.2) is 0 Å². The summed E-state index contributed by atoms with van der Waals surface area (Å²) >= 11 is 0. The third-order valence-corrected chi connectivity index (χ3v) is 2.46. The van der Waals surface area contributed by atoms with Gasteiger partial charge in [-0.1, -0.05) is 12.1 Å². The monoisotopic (exact) mass is 263 g/mol. The van der Waals surface area contributed by atoms with Crippen molar-refractivity contribution < 1.29 is 28.2 Å². The van der Waals surface area contributed by atoms with Gasteiger partial charge < -0.3 is 15.9 Å². The molecule has 0 aromatic heterocycles. The van der Waals surface area contributed by atoms with Gasteiger partial charge >= 0.3 is 6.18 Å². The van der Waals surface area contributed by atoms with E-state index < -0.39 is 29.5 Å². The number of carbonyl (C=O) groups is 1. The predicted octanol–water partition coefficient (Wildman–Crippen LogP) is 0.871. The fraction of sp³-hybridized carbons (Fsp3) is 0.364. The zero-order valence-electron chi connectivity index (χ0n) is 9.19. The summed E-state index contributed by atoms with van der Waals surface area (Å²) in [6.07, 6.45) is -7.53. The molecule has 0 spiro atoms. The molecule has 0 radical (unpaired) electrons. The lowest BCUT2D eigenvalue weighted by Crippen LogP contribution is -2.27. The second-order valence-corrected chi connectivity index (χ2v) is 3.71. The zero-order chi connectivity index (χ0) is 13.9. The SMILES string of the molecule is NCC(O)C(O)c1ccc(C=O)c(C(F)(F)F)c1. The van der Waals surface area contributed by atoms with Crippen molar-refractivity contribution in [2.75, 3.05) is 6.54 Å². The van der Waals surface area contributed by atoms with Gasteiger partial charge in [-0.05, 0) is 11.6 Å². The Hall–Kier alpha value is -1.44. The number of hydrogen-bond acceptors (Lipinski definition) is 4. The van der Waals surface area contributed by atoms with Crippen molar-refractivity contribution in [1.29, 1.82) is 0 Å². The molecule has 100 valence electrons. The molecular weight excluding hydrogens is 251 g/mol. The van der Waals surface area contributed by atoms with Gasteiger partial charge in [0.2, 0.25) is 0 Å². The molecule has 0 fully saturated rings. The summed E-state index contributed by atoms with van der Waals surface area (Å²) in [5.74, 6) is 0. The summed E-state index contributed by atoms with van der Waals surface area (Å²) < 4.78 is 37.9. The van der Waals surface area contributed by atoms with Gasteiger partial charge in [-0.15, -0.1) is 0 Å². The average molecular weight is 263 g/mol. The normalized spacial score (nSPS) is 15.2. The molecule has 1 rings (SSSR count). The van der Waals surface area contributed by atoms with Gasteiger partial charge in [0, 0.05) is 12.1 Å². The fourth-order valence-electron chi connectivity index (χ4n) is 1.46. The van der Waals surface area contributed by atoms with Crippen molar-refractivity contribution in [3.05, 3.63) is 34.9 Å². The molecule has 4 N–H and O–H groups in total. The number of benzene rings is 1. The molecule has 0 aliphatic heterocycles. The Bertz CT molecular complexity index is 434. The standard InChI is InChI=1S/C11H12F3NO3/c12-11(13,14)8-3-6(1-2-7(8)5-16)10(18)9(17)4-15/h1-3,5,9-10,17-18H,4,15H2. The third kappa shape index (κ3) is 3.06. The smallest absolute Gasteiger partial charge is 0.389 e. The Morgan fingerprint density at radius 3 is 2.39 bits per heavy atom. The maximum atomic E-state index is 12.6. The first kappa shape index (κ1) is 14.6. The third-order valence-electron chi connectivity index (χ3n) is 2.46. The van der Waals surface area contributed by atoms with Crippen LogP contribution in [-0.2, 0) is 6.18 Å². The Kier molecular flexibility index (Phi) is 4.44. The largest absolute Gasteiger partial charge is 0.417 e. The minimum absolute atomic E-state index is 0.0817. The number of aldehydes is 1. The second-order valence-electron chi connectivity index (χ2n) is 3.71. The Morgan fingerprint density at radius 1 is 1.33 bits per heavy atom. The van der Waals surface area contributed by atoms with E-state index in [1.165, 1.54) is 0 Å². The van der Waals surface area contributed by atoms with Gasteiger partial charge in [0.05, 0.1) is 11.7 Å². The van der Waals surface area contributed by atoms with E-state index in [1.54, 1.807) is 0 Å². The highest BCUT2D eigenvalue weighted by Gasteiger charge is 2.34. The van der Waals surface area contributed by atoms with Crippen LogP contribution < -0.4 is 5.73 Å². The van der Waals surface area contributed by atoms with E-state index >= 15 is 0 Å². The molecule has 0 bridgehead atoms. The van der Waals surface area contributed by atoms with E-state index in [9.17, 15) is 28.2 Å². The molecule has 4 nitrogen and oxygen atoms in total. The summed E-state index contributed by atoms with van der Waals surface area (Å²) in [6.45, 7) is -0.294. The Balaban J connectivity index is 3.23. The minimum atomic E-state index is -4.71. The van der Waals surface area contributed by atoms with Crippen LogP contribution >= 0.6 is 0 Å². The molecule has 0 amide bonds. The van der Waals surface area contributed by atoms with E-state index in [-0.39, 0.29) is 18.4 Å². The Labute approximate surface area is 101 Å². The average Bonchev–Trinajstić information content (AvgIpc) is 2.35. The van der Waals surface area contributed by atoms with E-state index in [0.29, 0.717) is 6.07 Å². The Morgan fingerprint density at radius 2 is 1.94 bits per heavy atom. The van der Waals surface area contributed by atoms with Crippen molar-refractivity contribution in [2.45, 2.75) is 18.4 Å². The second kappa shape index (κ2) is 5.47. The summed E-state index contributed by atoms with van der Waals surface area (Å²) in [5, 5.41) is 18.8. The van der Waals surface area contributed by atoms with Crippen LogP contribution in [0.3, 0.4) is 0 Å². The van der Waals surface area contributed by atoms with E-state index in [0.717, 1.165) is 12.1 Å². The summed E-state index contributed by atoms with van der Waals surface area (Å²) in [7, 11) is 0. The maximum absolute atomic E-state index is 12.6. The van der Waals surface area contributed by atoms with Crippen molar-refractivity contribution in [2.24, 2.45) is 5.73 Å². The van der Waals surface area contributed by atoms with E-state index in [4.69, 9.17) is 5.73 Å². The first-order valence-corrected chi connectivity index (χ1v) is 5.03. The van der Waals surface area contributed by atoms with Gasteiger partial charge in [0.1, 0.15) is 6.10 Å². The number of nitrogens with two attached hydrogens (primary N) is 1. The highest BCUT2D eigenvalue weighted by atomic mass is 19.4. The number of rotatable bonds is 4. The number of aliphatic hydroxyl groups is 2. The maximum Gasteiger partial charge on any atom is 0.417 e. The number of aliphatic hydroxyl groups excluding tert-OH is 2. The van der Waals surface area contributed by atoms with Crippen LogP contribution in [0.2, 0.25) is 0 Å². The molecule has 18 heavy (non-hydrogen) atoms. The lowest BCUT2D eigenvalue weighted by atomic mass is 9.98.